The van der Waals surface area contributed by atoms with Crippen molar-refractivity contribution in [3.8, 4) is 0 Å². The number of aryl methyl sites for hydroxylation is 1. The fraction of sp³-hybridized carbons (Fsp3) is 0.500. The molecule has 0 aliphatic heterocycles. The lowest BCUT2D eigenvalue weighted by molar-refractivity contribution is 0.878. The van der Waals surface area contributed by atoms with Gasteiger partial charge in [-0.1, -0.05) is 0 Å². The van der Waals surface area contributed by atoms with Crippen molar-refractivity contribution in [3.63, 3.8) is 0 Å². The number of hydrogen-bond acceptors (Lipinski definition) is 3. The molecule has 0 amide bonds. The minimum atomic E-state index is 0.395. The fourth-order valence-corrected chi connectivity index (χ4v) is 1.37. The summed E-state index contributed by atoms with van der Waals surface area (Å²) in [5, 5.41) is 3.21. The second-order valence-electron chi connectivity index (χ2n) is 2.92. The average molecular weight is 230 g/mol. The zero-order chi connectivity index (χ0) is 9.14. The minimum absolute atomic E-state index is 0.395. The van der Waals surface area contributed by atoms with Crippen molar-refractivity contribution in [2.24, 2.45) is 0 Å². The Morgan fingerprint density at radius 2 is 2.08 bits per heavy atom. The number of hydrogen-bond donors (Lipinski definition) is 1. The largest absolute Gasteiger partial charge is 0.368 e. The summed E-state index contributed by atoms with van der Waals surface area (Å²) in [5.74, 6) is 1.64. The predicted octanol–water partition coefficient (Wildman–Crippen LogP) is 2.37. The summed E-state index contributed by atoms with van der Waals surface area (Å²) < 4.78 is 0.818. The molecule has 0 atom stereocenters. The van der Waals surface area contributed by atoms with Crippen LogP contribution in [0.25, 0.3) is 0 Å². The van der Waals surface area contributed by atoms with Gasteiger partial charge in [-0.2, -0.15) is 0 Å². The van der Waals surface area contributed by atoms with E-state index in [-0.39, 0.29) is 0 Å². The van der Waals surface area contributed by atoms with Crippen molar-refractivity contribution in [2.75, 3.05) is 5.32 Å². The highest BCUT2D eigenvalue weighted by Gasteiger charge is 1.99. The molecule has 1 N–H and O–H groups in total. The van der Waals surface area contributed by atoms with Crippen LogP contribution >= 0.6 is 15.9 Å². The van der Waals surface area contributed by atoms with E-state index in [0.29, 0.717) is 6.04 Å². The first-order valence-electron chi connectivity index (χ1n) is 3.85. The van der Waals surface area contributed by atoms with Crippen LogP contribution in [-0.4, -0.2) is 16.0 Å². The maximum Gasteiger partial charge on any atom is 0.131 e. The second-order valence-corrected chi connectivity index (χ2v) is 3.73. The molecule has 0 radical (unpaired) electrons. The van der Waals surface area contributed by atoms with Gasteiger partial charge < -0.3 is 5.32 Å². The van der Waals surface area contributed by atoms with Crippen LogP contribution in [0.2, 0.25) is 0 Å². The van der Waals surface area contributed by atoms with Crippen LogP contribution in [0.1, 0.15) is 19.7 Å². The van der Waals surface area contributed by atoms with Gasteiger partial charge in [0.15, 0.2) is 0 Å². The molecule has 3 nitrogen and oxygen atoms in total. The number of anilines is 1. The first-order chi connectivity index (χ1) is 5.58. The van der Waals surface area contributed by atoms with Crippen LogP contribution in [0.4, 0.5) is 5.82 Å². The summed E-state index contributed by atoms with van der Waals surface area (Å²) >= 11 is 3.31. The van der Waals surface area contributed by atoms with E-state index in [1.54, 1.807) is 0 Å². The molecule has 0 unspecified atom stereocenters. The zero-order valence-electron chi connectivity index (χ0n) is 7.43. The number of halogens is 1. The molecular weight excluding hydrogens is 218 g/mol. The highest BCUT2D eigenvalue weighted by atomic mass is 79.9. The Morgan fingerprint density at radius 1 is 1.42 bits per heavy atom. The van der Waals surface area contributed by atoms with Crippen molar-refractivity contribution in [3.05, 3.63) is 16.5 Å². The maximum atomic E-state index is 4.22. The first-order valence-corrected chi connectivity index (χ1v) is 4.65. The number of nitrogens with one attached hydrogen (secondary N) is 1. The van der Waals surface area contributed by atoms with Crippen LogP contribution < -0.4 is 5.32 Å². The van der Waals surface area contributed by atoms with Crippen molar-refractivity contribution in [1.82, 2.24) is 9.97 Å². The van der Waals surface area contributed by atoms with Gasteiger partial charge in [-0.25, -0.2) is 9.97 Å². The summed E-state index contributed by atoms with van der Waals surface area (Å²) in [6, 6.07) is 2.26. The summed E-state index contributed by atoms with van der Waals surface area (Å²) in [6.07, 6.45) is 0. The Labute approximate surface area is 80.7 Å². The molecule has 0 bridgehead atoms. The minimum Gasteiger partial charge on any atom is -0.368 e. The molecule has 0 saturated carbocycles. The van der Waals surface area contributed by atoms with Crippen LogP contribution in [0.5, 0.6) is 0 Å². The van der Waals surface area contributed by atoms with Gasteiger partial charge in [0.2, 0.25) is 0 Å². The highest BCUT2D eigenvalue weighted by Crippen LogP contribution is 2.12. The molecule has 1 aromatic rings. The lowest BCUT2D eigenvalue weighted by Crippen LogP contribution is -2.11. The van der Waals surface area contributed by atoms with Gasteiger partial charge in [0.1, 0.15) is 16.2 Å². The predicted molar refractivity (Wildman–Crippen MR) is 53.2 cm³/mol. The lowest BCUT2D eigenvalue weighted by atomic mass is 10.4. The molecule has 0 aliphatic carbocycles. The normalized spacial score (nSPS) is 10.4. The summed E-state index contributed by atoms with van der Waals surface area (Å²) in [6.45, 7) is 6.02. The van der Waals surface area contributed by atoms with Gasteiger partial charge in [-0.3, -0.25) is 0 Å². The lowest BCUT2D eigenvalue weighted by Gasteiger charge is -2.08. The van der Waals surface area contributed by atoms with Crippen LogP contribution in [0.3, 0.4) is 0 Å². The Morgan fingerprint density at radius 3 is 2.58 bits per heavy atom. The molecule has 12 heavy (non-hydrogen) atoms. The van der Waals surface area contributed by atoms with Crippen LogP contribution in [-0.2, 0) is 0 Å². The van der Waals surface area contributed by atoms with E-state index in [1.165, 1.54) is 0 Å². The van der Waals surface area contributed by atoms with Gasteiger partial charge in [0.25, 0.3) is 0 Å². The molecule has 0 fully saturated rings. The third-order valence-corrected chi connectivity index (χ3v) is 1.65. The molecule has 1 rings (SSSR count). The Kier molecular flexibility index (Phi) is 3.03. The quantitative estimate of drug-likeness (QED) is 0.792. The van der Waals surface area contributed by atoms with E-state index >= 15 is 0 Å². The molecule has 1 heterocycles. The number of rotatable bonds is 2. The van der Waals surface area contributed by atoms with E-state index in [4.69, 9.17) is 0 Å². The van der Waals surface area contributed by atoms with Gasteiger partial charge in [-0.05, 0) is 36.7 Å². The summed E-state index contributed by atoms with van der Waals surface area (Å²) in [7, 11) is 0. The van der Waals surface area contributed by atoms with Crippen LogP contribution in [0.15, 0.2) is 10.7 Å². The van der Waals surface area contributed by atoms with Crippen molar-refractivity contribution < 1.29 is 0 Å². The van der Waals surface area contributed by atoms with Crippen LogP contribution in [0, 0.1) is 6.92 Å². The van der Waals surface area contributed by atoms with Gasteiger partial charge in [0, 0.05) is 12.1 Å². The van der Waals surface area contributed by atoms with Gasteiger partial charge in [0.05, 0.1) is 0 Å². The standard InChI is InChI=1S/C8H12BrN3/c1-5(2)10-8-4-7(9)11-6(3)12-8/h4-5H,1-3H3,(H,10,11,12). The number of nitrogens with zero attached hydrogens (tertiary/aromatic N) is 2. The molecule has 0 spiro atoms. The Hall–Kier alpha value is -0.640. The van der Waals surface area contributed by atoms with Gasteiger partial charge in [-0.15, -0.1) is 0 Å². The van der Waals surface area contributed by atoms with E-state index in [1.807, 2.05) is 13.0 Å². The van der Waals surface area contributed by atoms with E-state index in [0.717, 1.165) is 16.2 Å². The monoisotopic (exact) mass is 229 g/mol. The third kappa shape index (κ3) is 2.77. The molecule has 0 aromatic carbocycles. The topological polar surface area (TPSA) is 37.8 Å². The number of aromatic nitrogens is 2. The second kappa shape index (κ2) is 3.85. The summed E-state index contributed by atoms with van der Waals surface area (Å²) in [4.78, 5) is 8.33. The first kappa shape index (κ1) is 9.45. The van der Waals surface area contributed by atoms with Gasteiger partial charge >= 0.3 is 0 Å². The maximum absolute atomic E-state index is 4.22. The summed E-state index contributed by atoms with van der Waals surface area (Å²) in [5.41, 5.74) is 0. The third-order valence-electron chi connectivity index (χ3n) is 1.24. The average Bonchev–Trinajstić information content (AvgIpc) is 1.81. The molecule has 1 aromatic heterocycles. The fourth-order valence-electron chi connectivity index (χ4n) is 0.901. The van der Waals surface area contributed by atoms with Crippen molar-refractivity contribution >= 4 is 21.7 Å². The zero-order valence-corrected chi connectivity index (χ0v) is 9.01. The molecular formula is C8H12BrN3. The Bertz CT molecular complexity index is 253. The van der Waals surface area contributed by atoms with E-state index < -0.39 is 0 Å². The SMILES string of the molecule is Cc1nc(Br)cc(NC(C)C)n1. The molecule has 0 saturated heterocycles. The highest BCUT2D eigenvalue weighted by molar-refractivity contribution is 9.10. The van der Waals surface area contributed by atoms with Crippen molar-refractivity contribution in [2.45, 2.75) is 26.8 Å². The van der Waals surface area contributed by atoms with Crippen molar-refractivity contribution in [1.29, 1.82) is 0 Å². The molecule has 4 heteroatoms. The van der Waals surface area contributed by atoms with E-state index in [2.05, 4.69) is 45.1 Å². The van der Waals surface area contributed by atoms with E-state index in [9.17, 15) is 0 Å². The molecule has 0 aliphatic rings. The Balaban J connectivity index is 2.85. The molecule has 66 valence electrons. The smallest absolute Gasteiger partial charge is 0.131 e.